The van der Waals surface area contributed by atoms with Gasteiger partial charge in [0.25, 0.3) is 0 Å². The van der Waals surface area contributed by atoms with Crippen molar-refractivity contribution in [3.8, 4) is 0 Å². The van der Waals surface area contributed by atoms with Crippen LogP contribution in [0.3, 0.4) is 0 Å². The van der Waals surface area contributed by atoms with Crippen LogP contribution in [0.5, 0.6) is 0 Å². The quantitative estimate of drug-likeness (QED) is 0.722. The molecule has 1 nitrogen and oxygen atoms in total. The summed E-state index contributed by atoms with van der Waals surface area (Å²) in [5.41, 5.74) is 1.96. The maximum absolute atomic E-state index is 10.1. The van der Waals surface area contributed by atoms with E-state index in [4.69, 9.17) is 0 Å². The second-order valence-corrected chi connectivity index (χ2v) is 7.20. The van der Waals surface area contributed by atoms with Crippen LogP contribution in [0.1, 0.15) is 46.5 Å². The Balaban J connectivity index is 2.15. The zero-order valence-electron chi connectivity index (χ0n) is 12.7. The first-order valence-corrected chi connectivity index (χ1v) is 7.46. The van der Waals surface area contributed by atoms with Crippen molar-refractivity contribution in [2.75, 3.05) is 0 Å². The fourth-order valence-electron chi connectivity index (χ4n) is 4.24. The highest BCUT2D eigenvalue weighted by Gasteiger charge is 2.52. The largest absolute Gasteiger partial charge is 0.393 e. The third kappa shape index (κ3) is 2.45. The van der Waals surface area contributed by atoms with Gasteiger partial charge in [-0.15, -0.1) is 13.2 Å². The molecule has 0 aromatic rings. The van der Waals surface area contributed by atoms with Crippen molar-refractivity contribution in [1.82, 2.24) is 0 Å². The van der Waals surface area contributed by atoms with E-state index < -0.39 is 0 Å². The Labute approximate surface area is 118 Å². The Morgan fingerprint density at radius 1 is 1.42 bits per heavy atom. The summed E-state index contributed by atoms with van der Waals surface area (Å²) in [7, 11) is 0. The van der Waals surface area contributed by atoms with Crippen molar-refractivity contribution in [2.24, 2.45) is 22.7 Å². The molecule has 0 amide bonds. The number of hydrogen-bond donors (Lipinski definition) is 1. The minimum Gasteiger partial charge on any atom is -0.393 e. The van der Waals surface area contributed by atoms with E-state index >= 15 is 0 Å². The summed E-state index contributed by atoms with van der Waals surface area (Å²) in [5.74, 6) is 1.38. The van der Waals surface area contributed by atoms with Crippen LogP contribution in [0.25, 0.3) is 0 Å². The maximum Gasteiger partial charge on any atom is 0.0582 e. The number of fused-ring (bicyclic) bond motifs is 1. The molecule has 1 N–H and O–H groups in total. The Morgan fingerprint density at radius 3 is 2.63 bits per heavy atom. The van der Waals surface area contributed by atoms with E-state index in [0.29, 0.717) is 23.7 Å². The topological polar surface area (TPSA) is 20.2 Å². The molecule has 0 aromatic carbocycles. The molecule has 1 heteroatoms. The second-order valence-electron chi connectivity index (χ2n) is 7.20. The highest BCUT2D eigenvalue weighted by atomic mass is 16.3. The van der Waals surface area contributed by atoms with Crippen molar-refractivity contribution in [2.45, 2.75) is 52.6 Å². The van der Waals surface area contributed by atoms with Gasteiger partial charge in [0, 0.05) is 0 Å². The highest BCUT2D eigenvalue weighted by molar-refractivity contribution is 5.26. The van der Waals surface area contributed by atoms with E-state index in [0.717, 1.165) is 19.3 Å². The first kappa shape index (κ1) is 14.6. The van der Waals surface area contributed by atoms with E-state index in [-0.39, 0.29) is 11.5 Å². The first-order chi connectivity index (χ1) is 8.84. The molecule has 0 aliphatic heterocycles. The van der Waals surface area contributed by atoms with Gasteiger partial charge in [0.2, 0.25) is 0 Å². The molecule has 106 valence electrons. The lowest BCUT2D eigenvalue weighted by Gasteiger charge is -2.33. The standard InChI is InChI=1S/C18H28O/c1-6-8-15(19)11-18(7-2)10-14-9-13(3)17(4,5)16(14)12-18/h6-7,9,14-16,19H,1-2,8,10-12H2,3-5H3/t14-,15?,16+,18+/m0/s1. The summed E-state index contributed by atoms with van der Waals surface area (Å²) in [6, 6.07) is 0. The predicted octanol–water partition coefficient (Wildman–Crippen LogP) is 4.50. The lowest BCUT2D eigenvalue weighted by molar-refractivity contribution is 0.117. The molecule has 0 radical (unpaired) electrons. The van der Waals surface area contributed by atoms with Crippen molar-refractivity contribution < 1.29 is 5.11 Å². The van der Waals surface area contributed by atoms with Gasteiger partial charge in [-0.25, -0.2) is 0 Å². The van der Waals surface area contributed by atoms with Crippen LogP contribution in [0.4, 0.5) is 0 Å². The Hall–Kier alpha value is -0.820. The molecule has 4 atom stereocenters. The molecule has 0 aromatic heterocycles. The highest BCUT2D eigenvalue weighted by Crippen LogP contribution is 2.61. The molecular formula is C18H28O. The number of aliphatic hydroxyl groups excluding tert-OH is 1. The molecule has 0 heterocycles. The van der Waals surface area contributed by atoms with Gasteiger partial charge in [-0.05, 0) is 55.3 Å². The van der Waals surface area contributed by atoms with E-state index in [2.05, 4.69) is 46.1 Å². The van der Waals surface area contributed by atoms with Gasteiger partial charge < -0.3 is 5.11 Å². The van der Waals surface area contributed by atoms with E-state index in [9.17, 15) is 5.11 Å². The summed E-state index contributed by atoms with van der Waals surface area (Å²) in [4.78, 5) is 0. The summed E-state index contributed by atoms with van der Waals surface area (Å²) < 4.78 is 0. The molecule has 19 heavy (non-hydrogen) atoms. The predicted molar refractivity (Wildman–Crippen MR) is 81.8 cm³/mol. The van der Waals surface area contributed by atoms with Gasteiger partial charge in [-0.2, -0.15) is 0 Å². The van der Waals surface area contributed by atoms with Crippen molar-refractivity contribution in [3.63, 3.8) is 0 Å². The molecular weight excluding hydrogens is 232 g/mol. The third-order valence-corrected chi connectivity index (χ3v) is 5.71. The fraction of sp³-hybridized carbons (Fsp3) is 0.667. The van der Waals surface area contributed by atoms with E-state index in [1.807, 2.05) is 6.08 Å². The summed E-state index contributed by atoms with van der Waals surface area (Å²) >= 11 is 0. The molecule has 0 spiro atoms. The molecule has 2 aliphatic carbocycles. The van der Waals surface area contributed by atoms with Gasteiger partial charge >= 0.3 is 0 Å². The fourth-order valence-corrected chi connectivity index (χ4v) is 4.24. The Morgan fingerprint density at radius 2 is 2.11 bits per heavy atom. The SMILES string of the molecule is C=CCC(O)C[C@]1(C=C)C[C@@H]2[C@@H](C=C(C)C2(C)C)C1. The normalized spacial score (nSPS) is 37.6. The number of rotatable bonds is 5. The molecule has 0 saturated heterocycles. The molecule has 1 fully saturated rings. The van der Waals surface area contributed by atoms with E-state index in [1.54, 1.807) is 0 Å². The van der Waals surface area contributed by atoms with E-state index in [1.165, 1.54) is 5.57 Å². The van der Waals surface area contributed by atoms with Crippen molar-refractivity contribution in [3.05, 3.63) is 37.0 Å². The van der Waals surface area contributed by atoms with Crippen LogP contribution < -0.4 is 0 Å². The van der Waals surface area contributed by atoms with Gasteiger partial charge in [0.15, 0.2) is 0 Å². The van der Waals surface area contributed by atoms with Gasteiger partial charge in [0.05, 0.1) is 6.10 Å². The monoisotopic (exact) mass is 260 g/mol. The van der Waals surface area contributed by atoms with Gasteiger partial charge in [-0.1, -0.05) is 37.6 Å². The molecule has 0 bridgehead atoms. The second kappa shape index (κ2) is 4.94. The zero-order valence-corrected chi connectivity index (χ0v) is 12.7. The summed E-state index contributed by atoms with van der Waals surface area (Å²) in [6.45, 7) is 14.8. The number of hydrogen-bond acceptors (Lipinski definition) is 1. The molecule has 2 rings (SSSR count). The first-order valence-electron chi connectivity index (χ1n) is 7.46. The van der Waals surface area contributed by atoms with Crippen LogP contribution in [0.2, 0.25) is 0 Å². The lowest BCUT2D eigenvalue weighted by atomic mass is 9.72. The van der Waals surface area contributed by atoms with Gasteiger partial charge in [-0.3, -0.25) is 0 Å². The van der Waals surface area contributed by atoms with Crippen LogP contribution in [0, 0.1) is 22.7 Å². The minimum absolute atomic E-state index is 0.117. The lowest BCUT2D eigenvalue weighted by Crippen LogP contribution is -2.26. The van der Waals surface area contributed by atoms with Gasteiger partial charge in [0.1, 0.15) is 0 Å². The van der Waals surface area contributed by atoms with Crippen molar-refractivity contribution in [1.29, 1.82) is 0 Å². The minimum atomic E-state index is -0.275. The van der Waals surface area contributed by atoms with Crippen LogP contribution in [0.15, 0.2) is 37.0 Å². The summed E-state index contributed by atoms with van der Waals surface area (Å²) in [6.07, 6.45) is 9.94. The average molecular weight is 260 g/mol. The number of aliphatic hydroxyl groups is 1. The maximum atomic E-state index is 10.1. The smallest absolute Gasteiger partial charge is 0.0582 e. The number of allylic oxidation sites excluding steroid dienone is 3. The Bertz CT molecular complexity index is 404. The van der Waals surface area contributed by atoms with Crippen LogP contribution >= 0.6 is 0 Å². The van der Waals surface area contributed by atoms with Crippen LogP contribution in [-0.4, -0.2) is 11.2 Å². The Kier molecular flexibility index (Phi) is 3.79. The summed E-state index contributed by atoms with van der Waals surface area (Å²) in [5, 5.41) is 10.1. The third-order valence-electron chi connectivity index (χ3n) is 5.71. The molecule has 1 unspecified atom stereocenters. The van der Waals surface area contributed by atoms with Crippen molar-refractivity contribution >= 4 is 0 Å². The molecule has 2 aliphatic rings. The molecule has 1 saturated carbocycles. The van der Waals surface area contributed by atoms with Crippen LogP contribution in [-0.2, 0) is 0 Å². The zero-order chi connectivity index (χ0) is 14.3. The average Bonchev–Trinajstić information content (AvgIpc) is 2.77.